The average Bonchev–Trinajstić information content (AvgIpc) is 4.13. The fourth-order valence-electron chi connectivity index (χ4n) is 7.71. The number of ether oxygens (including phenoxy) is 3. The number of benzene rings is 1. The summed E-state index contributed by atoms with van der Waals surface area (Å²) < 4.78 is 82.7. The third kappa shape index (κ3) is 9.56. The Bertz CT molecular complexity index is 2210. The molecule has 1 aromatic heterocycles. The van der Waals surface area contributed by atoms with Crippen molar-refractivity contribution >= 4 is 50.8 Å². The summed E-state index contributed by atoms with van der Waals surface area (Å²) in [5, 5.41) is 6.11. The average molecular weight is 875 g/mol. The third-order valence-electron chi connectivity index (χ3n) is 11.3. The maximum absolute atomic E-state index is 14.8. The van der Waals surface area contributed by atoms with E-state index >= 15 is 0 Å². The van der Waals surface area contributed by atoms with Crippen molar-refractivity contribution in [2.24, 2.45) is 16.3 Å². The van der Waals surface area contributed by atoms with Crippen molar-refractivity contribution in [2.45, 2.75) is 101 Å². The van der Waals surface area contributed by atoms with E-state index < -0.39 is 80.2 Å². The van der Waals surface area contributed by atoms with E-state index in [0.29, 0.717) is 54.4 Å². The lowest BCUT2D eigenvalue weighted by Gasteiger charge is -2.36. The summed E-state index contributed by atoms with van der Waals surface area (Å²) in [4.78, 5) is 53.8. The van der Waals surface area contributed by atoms with Gasteiger partial charge in [0.25, 0.3) is 5.91 Å². The number of hydrogen-bond donors (Lipinski definition) is 3. The van der Waals surface area contributed by atoms with Crippen LogP contribution in [-0.4, -0.2) is 102 Å². The fraction of sp³-hybridized carbons (Fsp3) is 0.537. The lowest BCUT2D eigenvalue weighted by molar-refractivity contribution is -0.274. The Morgan fingerprint density at radius 3 is 2.45 bits per heavy atom. The van der Waals surface area contributed by atoms with Gasteiger partial charge >= 0.3 is 6.36 Å². The number of methoxy groups -OCH3 is 1. The van der Waals surface area contributed by atoms with E-state index in [1.807, 2.05) is 26.8 Å². The lowest BCUT2D eigenvalue weighted by atomic mass is 9.85. The van der Waals surface area contributed by atoms with E-state index in [1.165, 1.54) is 47.0 Å². The summed E-state index contributed by atoms with van der Waals surface area (Å²) in [5.74, 6) is -1.10. The molecule has 3 amide bonds. The number of aromatic nitrogens is 1. The predicted octanol–water partition coefficient (Wildman–Crippen LogP) is 5.10. The largest absolute Gasteiger partial charge is 0.573 e. The van der Waals surface area contributed by atoms with Gasteiger partial charge < -0.3 is 29.7 Å². The minimum Gasteiger partial charge on any atom is -0.501 e. The van der Waals surface area contributed by atoms with E-state index in [0.717, 1.165) is 23.3 Å². The van der Waals surface area contributed by atoms with Crippen molar-refractivity contribution in [3.05, 3.63) is 59.9 Å². The van der Waals surface area contributed by atoms with Gasteiger partial charge in [-0.3, -0.25) is 24.1 Å². The number of alkyl halides is 3. The summed E-state index contributed by atoms with van der Waals surface area (Å²) in [5.41, 5.74) is 0.0912. The Balaban J connectivity index is 1.21. The number of sulfonamides is 1. The summed E-state index contributed by atoms with van der Waals surface area (Å²) >= 11 is 1.51. The van der Waals surface area contributed by atoms with Crippen molar-refractivity contribution in [1.29, 1.82) is 0 Å². The molecule has 1 saturated heterocycles. The van der Waals surface area contributed by atoms with Crippen LogP contribution in [0.2, 0.25) is 0 Å². The van der Waals surface area contributed by atoms with Crippen LogP contribution in [0.3, 0.4) is 0 Å². The van der Waals surface area contributed by atoms with Gasteiger partial charge in [0, 0.05) is 42.2 Å². The van der Waals surface area contributed by atoms with Gasteiger partial charge in [-0.1, -0.05) is 38.6 Å². The number of pyridine rings is 1. The molecule has 324 valence electrons. The number of allylic oxidation sites excluding steroid dienone is 1. The van der Waals surface area contributed by atoms with Gasteiger partial charge in [-0.25, -0.2) is 13.4 Å². The van der Waals surface area contributed by atoms with Crippen LogP contribution in [-0.2, 0) is 35.6 Å². The minimum atomic E-state index is -4.86. The topological polar surface area (TPSA) is 178 Å². The number of thioether (sulfide) groups is 1. The summed E-state index contributed by atoms with van der Waals surface area (Å²) in [7, 11) is -2.37. The predicted molar refractivity (Wildman–Crippen MR) is 219 cm³/mol. The Morgan fingerprint density at radius 1 is 1.12 bits per heavy atom. The molecular formula is C41H49F3N6O8S2. The number of aliphatic imine (C=N–C) groups is 1. The first kappa shape index (κ1) is 43.3. The molecule has 3 fully saturated rings. The summed E-state index contributed by atoms with van der Waals surface area (Å²) in [6.45, 7) is 10.1. The third-order valence-corrected chi connectivity index (χ3v) is 14.1. The maximum atomic E-state index is 14.8. The molecule has 60 heavy (non-hydrogen) atoms. The Labute approximate surface area is 351 Å². The highest BCUT2D eigenvalue weighted by Gasteiger charge is 2.62. The molecule has 1 aromatic carbocycles. The standard InChI is InChI=1S/C41H49F3N6O8S2/c1-6-25-21-40(25,37(53)49-60(54,55)29-13-14-29)48-34(51)32-20-28(22-50(32)36(52)33(39(2,3)4)47-38-45-16-7-17-59-38)57-35-30-15-12-27(56-5)18-24(30)19-31(46-35)23-8-10-26(11-9-23)58-41(42,43)44/h6,8-11,18-19,25,28-29,32-33H,1,7,12-17,20-22H2,2-5H3,(H,45,47)(H,48,51)(H,49,53)/t25-,28-,32+,33-,40-/m1/s1. The zero-order valence-corrected chi connectivity index (χ0v) is 35.4. The Hall–Kier alpha value is -4.78. The van der Waals surface area contributed by atoms with Gasteiger partial charge in [0.2, 0.25) is 27.7 Å². The molecule has 7 rings (SSSR count). The number of nitrogens with zero attached hydrogens (tertiary/aromatic N) is 3. The van der Waals surface area contributed by atoms with Crippen molar-refractivity contribution in [2.75, 3.05) is 26.0 Å². The van der Waals surface area contributed by atoms with Crippen LogP contribution in [0.4, 0.5) is 13.2 Å². The van der Waals surface area contributed by atoms with E-state index in [2.05, 4.69) is 31.7 Å². The van der Waals surface area contributed by atoms with Crippen LogP contribution in [0.1, 0.15) is 70.4 Å². The zero-order chi connectivity index (χ0) is 43.2. The number of rotatable bonds is 13. The van der Waals surface area contributed by atoms with Gasteiger partial charge in [-0.05, 0) is 79.5 Å². The molecule has 3 heterocycles. The highest BCUT2D eigenvalue weighted by molar-refractivity contribution is 8.13. The molecular weight excluding hydrogens is 826 g/mol. The number of hydrogen-bond acceptors (Lipinski definition) is 12. The minimum absolute atomic E-state index is 0.00964. The van der Waals surface area contributed by atoms with E-state index in [9.17, 15) is 36.0 Å². The molecule has 0 bridgehead atoms. The van der Waals surface area contributed by atoms with Gasteiger partial charge in [-0.2, -0.15) is 0 Å². The van der Waals surface area contributed by atoms with Crippen molar-refractivity contribution in [1.82, 2.24) is 25.2 Å². The molecule has 5 atom stereocenters. The molecule has 3 N–H and O–H groups in total. The number of carbonyl (C=O) groups is 3. The van der Waals surface area contributed by atoms with Crippen molar-refractivity contribution < 1.29 is 50.2 Å². The molecule has 2 aliphatic heterocycles. The monoisotopic (exact) mass is 874 g/mol. The first-order chi connectivity index (χ1) is 28.3. The van der Waals surface area contributed by atoms with Crippen LogP contribution in [0, 0.1) is 11.3 Å². The second kappa shape index (κ2) is 16.6. The molecule has 14 nitrogen and oxygen atoms in total. The maximum Gasteiger partial charge on any atom is 0.573 e. The zero-order valence-electron chi connectivity index (χ0n) is 33.8. The summed E-state index contributed by atoms with van der Waals surface area (Å²) in [6, 6.07) is 5.08. The van der Waals surface area contributed by atoms with Gasteiger partial charge in [0.15, 0.2) is 5.17 Å². The fourth-order valence-corrected chi connectivity index (χ4v) is 9.93. The number of amidine groups is 1. The Morgan fingerprint density at radius 2 is 1.85 bits per heavy atom. The van der Waals surface area contributed by atoms with E-state index in [-0.39, 0.29) is 25.3 Å². The molecule has 2 saturated carbocycles. The second-order valence-electron chi connectivity index (χ2n) is 16.8. The van der Waals surface area contributed by atoms with Crippen LogP contribution >= 0.6 is 11.8 Å². The molecule has 19 heteroatoms. The Kier molecular flexibility index (Phi) is 12.0. The molecule has 0 unspecified atom stereocenters. The highest BCUT2D eigenvalue weighted by Crippen LogP contribution is 2.46. The number of amides is 3. The van der Waals surface area contributed by atoms with Crippen LogP contribution < -0.4 is 24.8 Å². The quantitative estimate of drug-likeness (QED) is 0.229. The van der Waals surface area contributed by atoms with Gasteiger partial charge in [0.05, 0.1) is 30.4 Å². The molecule has 5 aliphatic rings. The van der Waals surface area contributed by atoms with E-state index in [1.54, 1.807) is 13.2 Å². The van der Waals surface area contributed by atoms with Crippen LogP contribution in [0.25, 0.3) is 17.3 Å². The van der Waals surface area contributed by atoms with Crippen molar-refractivity contribution in [3.8, 4) is 22.9 Å². The number of halogens is 3. The van der Waals surface area contributed by atoms with E-state index in [4.69, 9.17) is 14.5 Å². The summed E-state index contributed by atoms with van der Waals surface area (Å²) in [6.07, 6.45) is 0.604. The highest BCUT2D eigenvalue weighted by atomic mass is 32.2. The first-order valence-corrected chi connectivity index (χ1v) is 22.4. The second-order valence-corrected chi connectivity index (χ2v) is 19.8. The lowest BCUT2D eigenvalue weighted by Crippen LogP contribution is -2.60. The van der Waals surface area contributed by atoms with Crippen LogP contribution in [0.15, 0.2) is 53.7 Å². The smallest absolute Gasteiger partial charge is 0.501 e. The first-order valence-electron chi connectivity index (χ1n) is 19.9. The molecule has 0 spiro atoms. The number of nitrogens with one attached hydrogen (secondary N) is 3. The number of carbonyl (C=O) groups excluding carboxylic acids is 3. The molecule has 2 aromatic rings. The molecule has 3 aliphatic carbocycles. The van der Waals surface area contributed by atoms with Crippen LogP contribution in [0.5, 0.6) is 11.6 Å². The SMILES string of the molecule is C=C[C@@H]1C[C@]1(NC(=O)[C@@H]1C[C@@H](Oc2nc(-c3ccc(OC(F)(F)F)cc3)cc3c2CCC(OC)=C3)CN1C(=O)[C@@H](NC1=NCCCS1)C(C)(C)C)C(=O)NS(=O)(=O)C1CC1. The van der Waals surface area contributed by atoms with Gasteiger partial charge in [-0.15, -0.1) is 19.8 Å². The van der Waals surface area contributed by atoms with Gasteiger partial charge in [0.1, 0.15) is 29.5 Å². The molecule has 0 radical (unpaired) electrons. The number of fused-ring (bicyclic) bond motifs is 1. The normalized spacial score (nSPS) is 24.5. The number of likely N-dealkylation sites (tertiary alicyclic amines) is 1. The van der Waals surface area contributed by atoms with Crippen molar-refractivity contribution in [3.63, 3.8) is 0 Å².